The molecule has 3 rings (SSSR count). The van der Waals surface area contributed by atoms with Crippen molar-refractivity contribution in [2.45, 2.75) is 12.3 Å². The van der Waals surface area contributed by atoms with E-state index < -0.39 is 0 Å². The van der Waals surface area contributed by atoms with Crippen LogP contribution in [0.2, 0.25) is 5.15 Å². The van der Waals surface area contributed by atoms with Gasteiger partial charge < -0.3 is 10.6 Å². The van der Waals surface area contributed by atoms with E-state index in [4.69, 9.17) is 17.3 Å². The summed E-state index contributed by atoms with van der Waals surface area (Å²) < 4.78 is 0. The Morgan fingerprint density at radius 2 is 2.05 bits per heavy atom. The van der Waals surface area contributed by atoms with Gasteiger partial charge in [-0.1, -0.05) is 29.8 Å². The van der Waals surface area contributed by atoms with Crippen molar-refractivity contribution in [3.05, 3.63) is 47.1 Å². The molecule has 0 radical (unpaired) electrons. The largest absolute Gasteiger partial charge is 0.330 e. The molecule has 0 fully saturated rings. The highest BCUT2D eigenvalue weighted by atomic mass is 35.5. The highest BCUT2D eigenvalue weighted by Gasteiger charge is 2.29. The van der Waals surface area contributed by atoms with Gasteiger partial charge in [-0.3, -0.25) is 0 Å². The van der Waals surface area contributed by atoms with Crippen LogP contribution in [0.4, 0.5) is 11.5 Å². The summed E-state index contributed by atoms with van der Waals surface area (Å²) in [5.74, 6) is 1.29. The van der Waals surface area contributed by atoms with Crippen molar-refractivity contribution in [3.63, 3.8) is 0 Å². The number of anilines is 2. The molecule has 0 bridgehead atoms. The van der Waals surface area contributed by atoms with Gasteiger partial charge in [0, 0.05) is 18.2 Å². The second-order valence-electron chi connectivity index (χ2n) is 4.66. The number of hydrogen-bond acceptors (Lipinski definition) is 4. The molecule has 19 heavy (non-hydrogen) atoms. The van der Waals surface area contributed by atoms with Crippen LogP contribution >= 0.6 is 11.6 Å². The van der Waals surface area contributed by atoms with Crippen molar-refractivity contribution in [2.24, 2.45) is 5.73 Å². The van der Waals surface area contributed by atoms with Gasteiger partial charge in [0.05, 0.1) is 0 Å². The van der Waals surface area contributed by atoms with Crippen molar-refractivity contribution in [1.29, 1.82) is 0 Å². The van der Waals surface area contributed by atoms with Crippen molar-refractivity contribution >= 4 is 23.1 Å². The molecule has 0 saturated heterocycles. The van der Waals surface area contributed by atoms with Crippen LogP contribution in [0.3, 0.4) is 0 Å². The molecule has 1 unspecified atom stereocenters. The molecular weight excluding hydrogens is 260 g/mol. The minimum absolute atomic E-state index is 0.412. The lowest BCUT2D eigenvalue weighted by atomic mass is 9.98. The van der Waals surface area contributed by atoms with Crippen LogP contribution in [-0.2, 0) is 0 Å². The molecule has 2 N–H and O–H groups in total. The molecular formula is C14H15ClN4. The first-order valence-electron chi connectivity index (χ1n) is 6.35. The highest BCUT2D eigenvalue weighted by Crippen LogP contribution is 2.41. The average molecular weight is 275 g/mol. The van der Waals surface area contributed by atoms with Gasteiger partial charge in [0.15, 0.2) is 11.0 Å². The maximum atomic E-state index is 5.79. The van der Waals surface area contributed by atoms with Crippen molar-refractivity contribution in [2.75, 3.05) is 18.0 Å². The van der Waals surface area contributed by atoms with Crippen molar-refractivity contribution in [3.8, 4) is 0 Å². The molecule has 4 nitrogen and oxygen atoms in total. The molecule has 0 saturated carbocycles. The number of nitrogens with two attached hydrogens (primary N) is 1. The lowest BCUT2D eigenvalue weighted by Gasteiger charge is -2.18. The lowest BCUT2D eigenvalue weighted by Crippen LogP contribution is -2.18. The zero-order chi connectivity index (χ0) is 13.2. The summed E-state index contributed by atoms with van der Waals surface area (Å²) in [4.78, 5) is 2.18. The first kappa shape index (κ1) is 12.4. The number of para-hydroxylation sites is 1. The van der Waals surface area contributed by atoms with E-state index >= 15 is 0 Å². The van der Waals surface area contributed by atoms with E-state index in [9.17, 15) is 0 Å². The van der Waals surface area contributed by atoms with Gasteiger partial charge in [0.25, 0.3) is 0 Å². The van der Waals surface area contributed by atoms with E-state index in [2.05, 4.69) is 33.3 Å². The van der Waals surface area contributed by atoms with Gasteiger partial charge in [-0.15, -0.1) is 10.2 Å². The highest BCUT2D eigenvalue weighted by molar-refractivity contribution is 6.29. The van der Waals surface area contributed by atoms with Crippen LogP contribution in [0.1, 0.15) is 17.9 Å². The average Bonchev–Trinajstić information content (AvgIpc) is 2.80. The van der Waals surface area contributed by atoms with E-state index in [0.29, 0.717) is 17.6 Å². The van der Waals surface area contributed by atoms with Crippen LogP contribution in [0.5, 0.6) is 0 Å². The number of nitrogens with zero attached hydrogens (tertiary/aromatic N) is 3. The summed E-state index contributed by atoms with van der Waals surface area (Å²) in [6.07, 6.45) is 0.981. The zero-order valence-electron chi connectivity index (χ0n) is 10.5. The van der Waals surface area contributed by atoms with Gasteiger partial charge >= 0.3 is 0 Å². The predicted octanol–water partition coefficient (Wildman–Crippen LogP) is 2.71. The summed E-state index contributed by atoms with van der Waals surface area (Å²) in [7, 11) is 0. The van der Waals surface area contributed by atoms with Crippen molar-refractivity contribution in [1.82, 2.24) is 10.2 Å². The number of rotatable bonds is 3. The maximum absolute atomic E-state index is 5.79. The zero-order valence-corrected chi connectivity index (χ0v) is 11.2. The molecule has 0 aliphatic carbocycles. The lowest BCUT2D eigenvalue weighted by molar-refractivity contribution is 0.666. The van der Waals surface area contributed by atoms with E-state index in [0.717, 1.165) is 18.8 Å². The fourth-order valence-corrected chi connectivity index (χ4v) is 2.71. The maximum Gasteiger partial charge on any atom is 0.155 e. The van der Waals surface area contributed by atoms with E-state index in [1.165, 1.54) is 11.3 Å². The third-order valence-corrected chi connectivity index (χ3v) is 3.68. The van der Waals surface area contributed by atoms with Gasteiger partial charge in [0.2, 0.25) is 0 Å². The normalized spacial score (nSPS) is 17.6. The summed E-state index contributed by atoms with van der Waals surface area (Å²) in [6.45, 7) is 1.59. The quantitative estimate of drug-likeness (QED) is 0.935. The first-order valence-corrected chi connectivity index (χ1v) is 6.73. The first-order chi connectivity index (χ1) is 9.29. The van der Waals surface area contributed by atoms with Gasteiger partial charge in [-0.05, 0) is 36.7 Å². The Morgan fingerprint density at radius 3 is 2.79 bits per heavy atom. The van der Waals surface area contributed by atoms with E-state index in [-0.39, 0.29) is 0 Å². The number of hydrogen-bond donors (Lipinski definition) is 1. The van der Waals surface area contributed by atoms with Gasteiger partial charge in [0.1, 0.15) is 0 Å². The third kappa shape index (κ3) is 2.29. The summed E-state index contributed by atoms with van der Waals surface area (Å²) in [5.41, 5.74) is 8.24. The second kappa shape index (κ2) is 5.15. The summed E-state index contributed by atoms with van der Waals surface area (Å²) in [5, 5.41) is 8.49. The molecule has 1 aliphatic heterocycles. The van der Waals surface area contributed by atoms with Crippen LogP contribution in [0.25, 0.3) is 0 Å². The molecule has 1 atom stereocenters. The number of aromatic nitrogens is 2. The number of benzene rings is 1. The molecule has 2 aromatic rings. The Balaban J connectivity index is 1.98. The van der Waals surface area contributed by atoms with Crippen molar-refractivity contribution < 1.29 is 0 Å². The number of halogens is 1. The summed E-state index contributed by atoms with van der Waals surface area (Å²) in [6, 6.07) is 12.1. The Labute approximate surface area is 117 Å². The molecule has 0 amide bonds. The van der Waals surface area contributed by atoms with Crippen LogP contribution < -0.4 is 10.6 Å². The Kier molecular flexibility index (Phi) is 3.36. The Bertz CT molecular complexity index is 570. The van der Waals surface area contributed by atoms with Crippen LogP contribution in [0.15, 0.2) is 36.4 Å². The fourth-order valence-electron chi connectivity index (χ4n) is 2.61. The molecule has 5 heteroatoms. The molecule has 1 aromatic carbocycles. The molecule has 1 aliphatic rings. The fraction of sp³-hybridized carbons (Fsp3) is 0.286. The standard InChI is InChI=1S/C14H15ClN4/c15-13-5-6-14(18-17-13)19-9-10(7-8-16)11-3-1-2-4-12(11)19/h1-6,10H,7-9,16H2. The monoisotopic (exact) mass is 274 g/mol. The molecule has 1 aromatic heterocycles. The molecule has 98 valence electrons. The van der Waals surface area contributed by atoms with Crippen LogP contribution in [-0.4, -0.2) is 23.3 Å². The Hall–Kier alpha value is -1.65. The summed E-state index contributed by atoms with van der Waals surface area (Å²) >= 11 is 5.79. The minimum atomic E-state index is 0.412. The Morgan fingerprint density at radius 1 is 1.21 bits per heavy atom. The number of fused-ring (bicyclic) bond motifs is 1. The third-order valence-electron chi connectivity index (χ3n) is 3.48. The predicted molar refractivity (Wildman–Crippen MR) is 76.9 cm³/mol. The van der Waals surface area contributed by atoms with E-state index in [1.54, 1.807) is 6.07 Å². The molecule has 0 spiro atoms. The van der Waals surface area contributed by atoms with E-state index in [1.807, 2.05) is 12.1 Å². The minimum Gasteiger partial charge on any atom is -0.330 e. The van der Waals surface area contributed by atoms with Gasteiger partial charge in [-0.2, -0.15) is 0 Å². The molecule has 2 heterocycles. The van der Waals surface area contributed by atoms with Crippen LogP contribution in [0, 0.1) is 0 Å². The SMILES string of the molecule is NCCC1CN(c2ccc(Cl)nn2)c2ccccc21. The van der Waals surface area contributed by atoms with Gasteiger partial charge in [-0.25, -0.2) is 0 Å². The second-order valence-corrected chi connectivity index (χ2v) is 5.05. The smallest absolute Gasteiger partial charge is 0.155 e. The topological polar surface area (TPSA) is 55.0 Å².